The predicted molar refractivity (Wildman–Crippen MR) is 85.1 cm³/mol. The Morgan fingerprint density at radius 3 is 2.04 bits per heavy atom. The quantitative estimate of drug-likeness (QED) is 0.601. The summed E-state index contributed by atoms with van der Waals surface area (Å²) in [5, 5.41) is 0. The fourth-order valence-electron chi connectivity index (χ4n) is 3.14. The van der Waals surface area contributed by atoms with Crippen LogP contribution in [0.2, 0.25) is 0 Å². The number of fused-ring (bicyclic) bond motifs is 1. The molecule has 2 aromatic rings. The summed E-state index contributed by atoms with van der Waals surface area (Å²) in [6.07, 6.45) is -9.02. The second-order valence-electron chi connectivity index (χ2n) is 6.40. The van der Waals surface area contributed by atoms with Crippen LogP contribution in [0.15, 0.2) is 36.4 Å². The Hall–Kier alpha value is -2.22. The highest BCUT2D eigenvalue weighted by molar-refractivity contribution is 5.45. The second-order valence-corrected chi connectivity index (χ2v) is 6.40. The van der Waals surface area contributed by atoms with Crippen molar-refractivity contribution in [2.75, 3.05) is 12.3 Å². The number of halogens is 6. The number of nitrogen functional groups attached to an aromatic ring is 1. The van der Waals surface area contributed by atoms with Gasteiger partial charge in [-0.05, 0) is 53.4 Å². The number of hydrogen-bond donors (Lipinski definition) is 1. The highest BCUT2D eigenvalue weighted by Crippen LogP contribution is 2.36. The third-order valence-corrected chi connectivity index (χ3v) is 4.38. The van der Waals surface area contributed by atoms with E-state index in [1.165, 1.54) is 0 Å². The van der Waals surface area contributed by atoms with Gasteiger partial charge in [0.05, 0.1) is 11.1 Å². The van der Waals surface area contributed by atoms with Crippen LogP contribution in [0.5, 0.6) is 0 Å². The van der Waals surface area contributed by atoms with Crippen molar-refractivity contribution in [1.82, 2.24) is 4.90 Å². The van der Waals surface area contributed by atoms with Gasteiger partial charge in [0.1, 0.15) is 0 Å². The summed E-state index contributed by atoms with van der Waals surface area (Å²) in [6.45, 7) is 0.998. The van der Waals surface area contributed by atoms with Gasteiger partial charge in [0, 0.05) is 25.3 Å². The maximum atomic E-state index is 13.0. The van der Waals surface area contributed by atoms with Crippen LogP contribution >= 0.6 is 0 Å². The van der Waals surface area contributed by atoms with Gasteiger partial charge in [0.15, 0.2) is 0 Å². The molecule has 0 atom stereocenters. The Balaban J connectivity index is 1.86. The molecule has 0 radical (unpaired) electrons. The Morgan fingerprint density at radius 1 is 0.846 bits per heavy atom. The normalized spacial score (nSPS) is 15.8. The fourth-order valence-corrected chi connectivity index (χ4v) is 3.14. The summed E-state index contributed by atoms with van der Waals surface area (Å²) in [6, 6.07) is 7.14. The number of rotatable bonds is 2. The lowest BCUT2D eigenvalue weighted by atomic mass is 9.98. The van der Waals surface area contributed by atoms with E-state index in [9.17, 15) is 26.3 Å². The van der Waals surface area contributed by atoms with Gasteiger partial charge in [-0.2, -0.15) is 26.3 Å². The highest BCUT2D eigenvalue weighted by atomic mass is 19.4. The van der Waals surface area contributed by atoms with Crippen LogP contribution in [0.1, 0.15) is 27.8 Å². The molecule has 0 amide bonds. The van der Waals surface area contributed by atoms with E-state index < -0.39 is 23.5 Å². The number of nitrogens with two attached hydrogens (primary N) is 1. The van der Waals surface area contributed by atoms with Crippen LogP contribution in [0, 0.1) is 0 Å². The molecule has 3 rings (SSSR count). The molecule has 1 heterocycles. The molecule has 0 fully saturated rings. The summed E-state index contributed by atoms with van der Waals surface area (Å²) in [4.78, 5) is 1.83. The van der Waals surface area contributed by atoms with Crippen molar-refractivity contribution >= 4 is 5.69 Å². The van der Waals surface area contributed by atoms with Gasteiger partial charge >= 0.3 is 12.4 Å². The minimum absolute atomic E-state index is 0.00829. The number of alkyl halides is 6. The second kappa shape index (κ2) is 6.50. The lowest BCUT2D eigenvalue weighted by Crippen LogP contribution is -2.30. The van der Waals surface area contributed by atoms with E-state index in [4.69, 9.17) is 5.73 Å². The van der Waals surface area contributed by atoms with E-state index in [0.29, 0.717) is 25.2 Å². The van der Waals surface area contributed by atoms with Crippen molar-refractivity contribution in [3.8, 4) is 0 Å². The van der Waals surface area contributed by atoms with E-state index in [1.54, 1.807) is 6.07 Å². The van der Waals surface area contributed by atoms with Crippen LogP contribution in [-0.4, -0.2) is 11.4 Å². The molecule has 1 aliphatic rings. The van der Waals surface area contributed by atoms with Crippen LogP contribution in [0.3, 0.4) is 0 Å². The molecule has 26 heavy (non-hydrogen) atoms. The fraction of sp³-hybridized carbons (Fsp3) is 0.333. The van der Waals surface area contributed by atoms with Gasteiger partial charge in [0.25, 0.3) is 0 Å². The first-order chi connectivity index (χ1) is 12.0. The summed E-state index contributed by atoms with van der Waals surface area (Å²) < 4.78 is 77.7. The molecule has 2 N–H and O–H groups in total. The van der Waals surface area contributed by atoms with Crippen molar-refractivity contribution in [2.45, 2.75) is 31.9 Å². The van der Waals surface area contributed by atoms with Crippen molar-refractivity contribution < 1.29 is 26.3 Å². The van der Waals surface area contributed by atoms with Gasteiger partial charge in [-0.3, -0.25) is 4.90 Å². The topological polar surface area (TPSA) is 29.3 Å². The number of benzene rings is 2. The molecular formula is C18H16F6N2. The third kappa shape index (κ3) is 4.12. The smallest absolute Gasteiger partial charge is 0.399 e. The Kier molecular flexibility index (Phi) is 4.64. The van der Waals surface area contributed by atoms with Crippen LogP contribution in [-0.2, 0) is 31.9 Å². The molecule has 2 nitrogen and oxygen atoms in total. The summed E-state index contributed by atoms with van der Waals surface area (Å²) >= 11 is 0. The number of hydrogen-bond acceptors (Lipinski definition) is 2. The zero-order valence-corrected chi connectivity index (χ0v) is 13.6. The van der Waals surface area contributed by atoms with E-state index in [-0.39, 0.29) is 18.2 Å². The van der Waals surface area contributed by atoms with Gasteiger partial charge in [0.2, 0.25) is 0 Å². The van der Waals surface area contributed by atoms with E-state index in [2.05, 4.69) is 0 Å². The first-order valence-electron chi connectivity index (χ1n) is 7.90. The predicted octanol–water partition coefficient (Wildman–Crippen LogP) is 4.86. The summed E-state index contributed by atoms with van der Waals surface area (Å²) in [5.74, 6) is 0. The zero-order valence-electron chi connectivity index (χ0n) is 13.6. The van der Waals surface area contributed by atoms with Crippen molar-refractivity contribution in [2.24, 2.45) is 0 Å². The van der Waals surface area contributed by atoms with E-state index in [0.717, 1.165) is 23.3 Å². The lowest BCUT2D eigenvalue weighted by molar-refractivity contribution is -0.143. The maximum absolute atomic E-state index is 13.0. The first-order valence-corrected chi connectivity index (χ1v) is 7.90. The molecule has 0 spiro atoms. The average Bonchev–Trinajstić information content (AvgIpc) is 2.53. The largest absolute Gasteiger partial charge is 0.416 e. The van der Waals surface area contributed by atoms with Crippen LogP contribution in [0.25, 0.3) is 0 Å². The van der Waals surface area contributed by atoms with Crippen molar-refractivity contribution in [3.05, 3.63) is 64.2 Å². The van der Waals surface area contributed by atoms with E-state index in [1.807, 2.05) is 17.0 Å². The Morgan fingerprint density at radius 2 is 1.46 bits per heavy atom. The molecule has 1 aliphatic heterocycles. The Bertz CT molecular complexity index is 778. The molecule has 8 heteroatoms. The summed E-state index contributed by atoms with van der Waals surface area (Å²) in [5.41, 5.74) is 5.82. The number of anilines is 1. The molecule has 2 aromatic carbocycles. The monoisotopic (exact) mass is 374 g/mol. The third-order valence-electron chi connectivity index (χ3n) is 4.38. The maximum Gasteiger partial charge on any atom is 0.416 e. The highest BCUT2D eigenvalue weighted by Gasteiger charge is 2.37. The molecule has 0 aliphatic carbocycles. The molecular weight excluding hydrogens is 358 g/mol. The molecule has 0 unspecified atom stereocenters. The summed E-state index contributed by atoms with van der Waals surface area (Å²) in [7, 11) is 0. The van der Waals surface area contributed by atoms with Gasteiger partial charge in [-0.15, -0.1) is 0 Å². The molecule has 140 valence electrons. The minimum Gasteiger partial charge on any atom is -0.399 e. The van der Waals surface area contributed by atoms with Gasteiger partial charge < -0.3 is 5.73 Å². The van der Waals surface area contributed by atoms with Gasteiger partial charge in [-0.25, -0.2) is 0 Å². The minimum atomic E-state index is -4.83. The average molecular weight is 374 g/mol. The first kappa shape index (κ1) is 18.6. The van der Waals surface area contributed by atoms with Gasteiger partial charge in [-0.1, -0.05) is 6.07 Å². The zero-order chi connectivity index (χ0) is 19.1. The SMILES string of the molecule is Nc1ccc2c(c1)CCN(Cc1cc(C(F)(F)F)cc(C(F)(F)F)c1)C2. The van der Waals surface area contributed by atoms with Crippen molar-refractivity contribution in [3.63, 3.8) is 0 Å². The molecule has 0 saturated heterocycles. The van der Waals surface area contributed by atoms with Crippen LogP contribution in [0.4, 0.5) is 32.0 Å². The number of nitrogens with zero attached hydrogens (tertiary/aromatic N) is 1. The molecule has 0 aromatic heterocycles. The standard InChI is InChI=1S/C18H16F6N2/c19-17(20,21)14-5-11(6-15(8-14)18(22,23)24)9-26-4-3-12-7-16(25)2-1-13(12)10-26/h1-2,5-8H,3-4,9-10,25H2. The van der Waals surface area contributed by atoms with Crippen LogP contribution < -0.4 is 5.73 Å². The molecule has 0 saturated carbocycles. The lowest BCUT2D eigenvalue weighted by Gasteiger charge is -2.29. The Labute approximate surface area is 146 Å². The molecule has 0 bridgehead atoms. The van der Waals surface area contributed by atoms with E-state index >= 15 is 0 Å². The van der Waals surface area contributed by atoms with Crippen molar-refractivity contribution in [1.29, 1.82) is 0 Å².